The lowest BCUT2D eigenvalue weighted by molar-refractivity contribution is 0.0914. The first kappa shape index (κ1) is 14.9. The molecular formula is C13H21N5OS. The van der Waals surface area contributed by atoms with Gasteiger partial charge >= 0.3 is 0 Å². The fraction of sp³-hybridized carbons (Fsp3) is 0.615. The lowest BCUT2D eigenvalue weighted by Crippen LogP contribution is -2.46. The molecule has 0 aliphatic carbocycles. The van der Waals surface area contributed by atoms with Crippen molar-refractivity contribution in [2.24, 2.45) is 12.8 Å². The minimum absolute atomic E-state index is 0.0385. The van der Waals surface area contributed by atoms with Crippen molar-refractivity contribution >= 4 is 23.1 Å². The summed E-state index contributed by atoms with van der Waals surface area (Å²) in [6.07, 6.45) is 3.47. The molecule has 1 fully saturated rings. The quantitative estimate of drug-likeness (QED) is 0.777. The highest BCUT2D eigenvalue weighted by atomic mass is 32.1. The van der Waals surface area contributed by atoms with E-state index < -0.39 is 0 Å². The summed E-state index contributed by atoms with van der Waals surface area (Å²) in [7, 11) is 1.83. The Bertz CT molecular complexity index is 505. The highest BCUT2D eigenvalue weighted by molar-refractivity contribution is 7.80. The van der Waals surface area contributed by atoms with Crippen molar-refractivity contribution in [3.8, 4) is 0 Å². The van der Waals surface area contributed by atoms with Crippen LogP contribution in [-0.4, -0.2) is 51.3 Å². The van der Waals surface area contributed by atoms with Gasteiger partial charge in [0.1, 0.15) is 0 Å². The lowest BCUT2D eigenvalue weighted by Gasteiger charge is -2.31. The van der Waals surface area contributed by atoms with Gasteiger partial charge in [0.05, 0.1) is 16.7 Å². The second-order valence-corrected chi connectivity index (χ2v) is 5.78. The van der Waals surface area contributed by atoms with Crippen LogP contribution in [0.4, 0.5) is 0 Å². The van der Waals surface area contributed by atoms with Crippen LogP contribution >= 0.6 is 12.2 Å². The number of piperidine rings is 1. The van der Waals surface area contributed by atoms with Gasteiger partial charge in [-0.2, -0.15) is 5.10 Å². The number of nitrogens with two attached hydrogens (primary N) is 1. The standard InChI is InChI=1S/C13H21N5OS/c1-9-11(7-15-17(9)2)13(19)16-10-3-5-18(6-4-10)8-12(14)20/h7,10H,3-6,8H2,1-2H3,(H2,14,20)(H,16,19). The minimum atomic E-state index is -0.0385. The second kappa shape index (κ2) is 6.32. The number of nitrogens with zero attached hydrogens (tertiary/aromatic N) is 3. The molecule has 7 heteroatoms. The van der Waals surface area contributed by atoms with E-state index in [-0.39, 0.29) is 11.9 Å². The van der Waals surface area contributed by atoms with Gasteiger partial charge in [0, 0.05) is 38.4 Å². The summed E-state index contributed by atoms with van der Waals surface area (Å²) in [5, 5.41) is 7.17. The van der Waals surface area contributed by atoms with Crippen molar-refractivity contribution in [3.63, 3.8) is 0 Å². The minimum Gasteiger partial charge on any atom is -0.392 e. The Morgan fingerprint density at radius 1 is 1.55 bits per heavy atom. The summed E-state index contributed by atoms with van der Waals surface area (Å²) >= 11 is 4.91. The molecule has 0 saturated carbocycles. The molecule has 1 aliphatic rings. The molecule has 3 N–H and O–H groups in total. The fourth-order valence-electron chi connectivity index (χ4n) is 2.44. The number of carbonyl (C=O) groups is 1. The maximum absolute atomic E-state index is 12.2. The first-order valence-electron chi connectivity index (χ1n) is 6.77. The number of carbonyl (C=O) groups excluding carboxylic acids is 1. The summed E-state index contributed by atoms with van der Waals surface area (Å²) in [5.74, 6) is -0.0385. The molecule has 1 aliphatic heterocycles. The fourth-order valence-corrected chi connectivity index (χ4v) is 2.62. The number of rotatable bonds is 4. The Labute approximate surface area is 124 Å². The van der Waals surface area contributed by atoms with Crippen molar-refractivity contribution in [1.82, 2.24) is 20.0 Å². The zero-order valence-electron chi connectivity index (χ0n) is 11.9. The molecule has 1 aromatic heterocycles. The van der Waals surface area contributed by atoms with Crippen molar-refractivity contribution < 1.29 is 4.79 Å². The normalized spacial score (nSPS) is 17.1. The lowest BCUT2D eigenvalue weighted by atomic mass is 10.0. The highest BCUT2D eigenvalue weighted by Gasteiger charge is 2.22. The van der Waals surface area contributed by atoms with Crippen molar-refractivity contribution in [1.29, 1.82) is 0 Å². The molecule has 0 unspecified atom stereocenters. The van der Waals surface area contributed by atoms with Crippen molar-refractivity contribution in [2.75, 3.05) is 19.6 Å². The Balaban J connectivity index is 1.85. The Morgan fingerprint density at radius 3 is 2.70 bits per heavy atom. The average molecular weight is 295 g/mol. The number of aromatic nitrogens is 2. The van der Waals surface area contributed by atoms with E-state index in [0.717, 1.165) is 31.6 Å². The number of aryl methyl sites for hydroxylation is 1. The van der Waals surface area contributed by atoms with E-state index in [1.165, 1.54) is 0 Å². The van der Waals surface area contributed by atoms with Crippen LogP contribution in [0, 0.1) is 6.92 Å². The average Bonchev–Trinajstić information content (AvgIpc) is 2.72. The van der Waals surface area contributed by atoms with Gasteiger partial charge in [-0.15, -0.1) is 0 Å². The molecule has 2 heterocycles. The van der Waals surface area contributed by atoms with Crippen LogP contribution in [0.15, 0.2) is 6.20 Å². The van der Waals surface area contributed by atoms with Crippen molar-refractivity contribution in [2.45, 2.75) is 25.8 Å². The van der Waals surface area contributed by atoms with Gasteiger partial charge in [0.25, 0.3) is 5.91 Å². The van der Waals surface area contributed by atoms with Crippen LogP contribution in [0.5, 0.6) is 0 Å². The van der Waals surface area contributed by atoms with Gasteiger partial charge in [0.2, 0.25) is 0 Å². The predicted octanol–water partition coefficient (Wildman–Crippen LogP) is 0.209. The SMILES string of the molecule is Cc1c(C(=O)NC2CCN(CC(N)=S)CC2)cnn1C. The van der Waals surface area contributed by atoms with E-state index in [1.54, 1.807) is 10.9 Å². The summed E-state index contributed by atoms with van der Waals surface area (Å²) in [4.78, 5) is 14.9. The van der Waals surface area contributed by atoms with Gasteiger partial charge in [-0.1, -0.05) is 12.2 Å². The van der Waals surface area contributed by atoms with E-state index in [1.807, 2.05) is 14.0 Å². The van der Waals surface area contributed by atoms with Gasteiger partial charge < -0.3 is 11.1 Å². The summed E-state index contributed by atoms with van der Waals surface area (Å²) in [6.45, 7) is 4.38. The molecule has 0 atom stereocenters. The molecular weight excluding hydrogens is 274 g/mol. The Morgan fingerprint density at radius 2 is 2.20 bits per heavy atom. The van der Waals surface area contributed by atoms with E-state index in [0.29, 0.717) is 17.1 Å². The number of hydrogen-bond acceptors (Lipinski definition) is 4. The van der Waals surface area contributed by atoms with Gasteiger partial charge in [0.15, 0.2) is 0 Å². The van der Waals surface area contributed by atoms with Gasteiger partial charge in [-0.25, -0.2) is 0 Å². The molecule has 1 aromatic rings. The molecule has 2 rings (SSSR count). The third-order valence-electron chi connectivity index (χ3n) is 3.78. The monoisotopic (exact) mass is 295 g/mol. The molecule has 0 bridgehead atoms. The van der Waals surface area contributed by atoms with Crippen LogP contribution in [0.2, 0.25) is 0 Å². The van der Waals surface area contributed by atoms with Crippen LogP contribution in [0.1, 0.15) is 28.9 Å². The second-order valence-electron chi connectivity index (χ2n) is 5.26. The van der Waals surface area contributed by atoms with Gasteiger partial charge in [-0.05, 0) is 19.8 Å². The topological polar surface area (TPSA) is 76.2 Å². The number of amides is 1. The summed E-state index contributed by atoms with van der Waals surface area (Å²) < 4.78 is 1.71. The zero-order chi connectivity index (χ0) is 14.7. The zero-order valence-corrected chi connectivity index (χ0v) is 12.7. The molecule has 0 aromatic carbocycles. The van der Waals surface area contributed by atoms with E-state index >= 15 is 0 Å². The number of likely N-dealkylation sites (tertiary alicyclic amines) is 1. The van der Waals surface area contributed by atoms with E-state index in [2.05, 4.69) is 15.3 Å². The Kier molecular flexibility index (Phi) is 4.72. The smallest absolute Gasteiger partial charge is 0.254 e. The predicted molar refractivity (Wildman–Crippen MR) is 81.7 cm³/mol. The molecule has 6 nitrogen and oxygen atoms in total. The molecule has 0 spiro atoms. The maximum atomic E-state index is 12.2. The van der Waals surface area contributed by atoms with Crippen LogP contribution in [-0.2, 0) is 7.05 Å². The number of hydrogen-bond donors (Lipinski definition) is 2. The first-order chi connectivity index (χ1) is 9.47. The third kappa shape index (κ3) is 3.55. The van der Waals surface area contributed by atoms with Crippen LogP contribution < -0.4 is 11.1 Å². The van der Waals surface area contributed by atoms with E-state index in [9.17, 15) is 4.79 Å². The largest absolute Gasteiger partial charge is 0.392 e. The summed E-state index contributed by atoms with van der Waals surface area (Å²) in [5.41, 5.74) is 7.08. The third-order valence-corrected chi connectivity index (χ3v) is 3.91. The molecule has 0 radical (unpaired) electrons. The maximum Gasteiger partial charge on any atom is 0.254 e. The number of nitrogens with one attached hydrogen (secondary N) is 1. The van der Waals surface area contributed by atoms with Crippen LogP contribution in [0.3, 0.4) is 0 Å². The van der Waals surface area contributed by atoms with E-state index in [4.69, 9.17) is 18.0 Å². The highest BCUT2D eigenvalue weighted by Crippen LogP contribution is 2.12. The van der Waals surface area contributed by atoms with Gasteiger partial charge in [-0.3, -0.25) is 14.4 Å². The Hall–Kier alpha value is -1.47. The molecule has 110 valence electrons. The molecule has 1 saturated heterocycles. The first-order valence-corrected chi connectivity index (χ1v) is 7.18. The van der Waals surface area contributed by atoms with Crippen molar-refractivity contribution in [3.05, 3.63) is 17.5 Å². The van der Waals surface area contributed by atoms with Crippen LogP contribution in [0.25, 0.3) is 0 Å². The molecule has 1 amide bonds. The number of thiocarbonyl (C=S) groups is 1. The molecule has 20 heavy (non-hydrogen) atoms. The summed E-state index contributed by atoms with van der Waals surface area (Å²) in [6, 6.07) is 0.213.